The van der Waals surface area contributed by atoms with Gasteiger partial charge >= 0.3 is 0 Å². The lowest BCUT2D eigenvalue weighted by atomic mass is 9.62. The molecule has 0 fully saturated rings. The molecule has 0 unspecified atom stereocenters. The smallest absolute Gasteiger partial charge is 0.143 e. The number of rotatable bonds is 3. The molecule has 0 spiro atoms. The number of nitrogens with two attached hydrogens (primary N) is 1. The van der Waals surface area contributed by atoms with Crippen LogP contribution in [0.1, 0.15) is 23.1 Å². The van der Waals surface area contributed by atoms with Gasteiger partial charge < -0.3 is 11.1 Å². The van der Waals surface area contributed by atoms with Gasteiger partial charge in [0.2, 0.25) is 0 Å². The molecule has 3 atom stereocenters. The molecule has 1 aliphatic heterocycles. The van der Waals surface area contributed by atoms with E-state index in [0.29, 0.717) is 10.6 Å². The highest BCUT2D eigenvalue weighted by atomic mass is 32.1. The van der Waals surface area contributed by atoms with Crippen molar-refractivity contribution >= 4 is 29.8 Å². The molecular formula is C18H14N6S2. The predicted octanol–water partition coefficient (Wildman–Crippen LogP) is 2.37. The van der Waals surface area contributed by atoms with Gasteiger partial charge in [-0.3, -0.25) is 9.97 Å². The van der Waals surface area contributed by atoms with E-state index >= 15 is 0 Å². The van der Waals surface area contributed by atoms with E-state index in [1.165, 1.54) is 0 Å². The van der Waals surface area contributed by atoms with E-state index in [9.17, 15) is 10.5 Å². The van der Waals surface area contributed by atoms with Gasteiger partial charge in [-0.1, -0.05) is 24.4 Å². The van der Waals surface area contributed by atoms with Gasteiger partial charge in [-0.15, -0.1) is 12.6 Å². The number of nitriles is 2. The largest absolute Gasteiger partial charge is 0.392 e. The van der Waals surface area contributed by atoms with Crippen LogP contribution in [0, 0.1) is 28.1 Å². The zero-order valence-corrected chi connectivity index (χ0v) is 15.2. The number of thiocarbonyl (C=S) groups is 1. The molecule has 0 saturated carbocycles. The van der Waals surface area contributed by atoms with Gasteiger partial charge in [0.25, 0.3) is 0 Å². The first-order chi connectivity index (χ1) is 12.6. The maximum atomic E-state index is 10.2. The molecule has 0 amide bonds. The second kappa shape index (κ2) is 7.12. The number of hydrogen-bond donors (Lipinski definition) is 3. The summed E-state index contributed by atoms with van der Waals surface area (Å²) in [5, 5.41) is 23.5. The minimum atomic E-state index is -1.39. The third-order valence-electron chi connectivity index (χ3n) is 4.48. The van der Waals surface area contributed by atoms with E-state index in [4.69, 9.17) is 18.0 Å². The summed E-state index contributed by atoms with van der Waals surface area (Å²) in [5.41, 5.74) is 6.39. The summed E-state index contributed by atoms with van der Waals surface area (Å²) in [7, 11) is 0. The standard InChI is InChI=1S/C18H14N6S2/c19-7-13-14(11-3-1-5-22-8-11)18(10-20,17(21)26)15(24-16(13)25)12-4-2-6-23-9-12/h1-6,8-9,14-15,24-25H,(H2,21,26)/t14-,15+,18+/m1/s1. The Bertz CT molecular complexity index is 945. The molecule has 26 heavy (non-hydrogen) atoms. The number of hydrogen-bond acceptors (Lipinski definition) is 7. The lowest BCUT2D eigenvalue weighted by molar-refractivity contribution is 0.332. The highest BCUT2D eigenvalue weighted by Gasteiger charge is 2.55. The third-order valence-corrected chi connectivity index (χ3v) is 5.19. The average Bonchev–Trinajstić information content (AvgIpc) is 2.68. The lowest BCUT2D eigenvalue weighted by Crippen LogP contribution is -2.52. The Kier molecular flexibility index (Phi) is 4.90. The topological polar surface area (TPSA) is 111 Å². The number of thiol groups is 1. The molecule has 3 N–H and O–H groups in total. The van der Waals surface area contributed by atoms with Crippen molar-refractivity contribution in [2.75, 3.05) is 0 Å². The second-order valence-electron chi connectivity index (χ2n) is 5.80. The van der Waals surface area contributed by atoms with E-state index in [2.05, 4.69) is 40.1 Å². The Morgan fingerprint density at radius 3 is 2.27 bits per heavy atom. The molecule has 8 heteroatoms. The zero-order valence-electron chi connectivity index (χ0n) is 13.5. The van der Waals surface area contributed by atoms with Crippen LogP contribution in [-0.2, 0) is 0 Å². The first-order valence-corrected chi connectivity index (χ1v) is 8.52. The van der Waals surface area contributed by atoms with Crippen molar-refractivity contribution in [3.63, 3.8) is 0 Å². The van der Waals surface area contributed by atoms with Crippen LogP contribution in [0.15, 0.2) is 59.7 Å². The SMILES string of the molecule is N#CC1=C(S)N[C@@H](c2cccnc2)[C@@](C#N)(C(N)=S)[C@@H]1c1cccnc1. The molecule has 0 aromatic carbocycles. The van der Waals surface area contributed by atoms with Crippen LogP contribution in [0.5, 0.6) is 0 Å². The molecule has 0 saturated heterocycles. The lowest BCUT2D eigenvalue weighted by Gasteiger charge is -2.45. The molecule has 1 aliphatic rings. The van der Waals surface area contributed by atoms with Gasteiger partial charge in [0.15, 0.2) is 0 Å². The van der Waals surface area contributed by atoms with Crippen molar-refractivity contribution in [1.29, 1.82) is 10.5 Å². The molecule has 0 bridgehead atoms. The van der Waals surface area contributed by atoms with Crippen molar-refractivity contribution in [2.24, 2.45) is 11.1 Å². The summed E-state index contributed by atoms with van der Waals surface area (Å²) >= 11 is 9.79. The minimum Gasteiger partial charge on any atom is -0.392 e. The Balaban J connectivity index is 2.34. The number of nitrogens with one attached hydrogen (secondary N) is 1. The fraction of sp³-hybridized carbons (Fsp3) is 0.167. The van der Waals surface area contributed by atoms with Crippen molar-refractivity contribution in [3.8, 4) is 12.1 Å². The van der Waals surface area contributed by atoms with Crippen LogP contribution < -0.4 is 11.1 Å². The van der Waals surface area contributed by atoms with E-state index < -0.39 is 17.4 Å². The summed E-state index contributed by atoms with van der Waals surface area (Å²) in [5.74, 6) is -0.706. The van der Waals surface area contributed by atoms with Crippen LogP contribution >= 0.6 is 24.8 Å². The van der Waals surface area contributed by atoms with E-state index in [1.54, 1.807) is 43.0 Å². The molecule has 2 aromatic heterocycles. The Morgan fingerprint density at radius 1 is 1.19 bits per heavy atom. The Labute approximate surface area is 161 Å². The zero-order chi connectivity index (χ0) is 18.7. The Hall–Kier alpha value is -2.94. The fourth-order valence-corrected chi connectivity index (χ4v) is 3.90. The number of pyridine rings is 2. The summed E-state index contributed by atoms with van der Waals surface area (Å²) < 4.78 is 0. The van der Waals surface area contributed by atoms with Gasteiger partial charge in [-0.25, -0.2) is 0 Å². The third kappa shape index (κ3) is 2.70. The van der Waals surface area contributed by atoms with Crippen molar-refractivity contribution in [1.82, 2.24) is 15.3 Å². The highest BCUT2D eigenvalue weighted by molar-refractivity contribution is 7.84. The van der Waals surface area contributed by atoms with Gasteiger partial charge in [-0.2, -0.15) is 10.5 Å². The van der Waals surface area contributed by atoms with Crippen LogP contribution in [0.2, 0.25) is 0 Å². The van der Waals surface area contributed by atoms with Gasteiger partial charge in [0.1, 0.15) is 5.41 Å². The van der Waals surface area contributed by atoms with Crippen LogP contribution in [0.3, 0.4) is 0 Å². The number of aromatic nitrogens is 2. The van der Waals surface area contributed by atoms with Crippen LogP contribution in [-0.4, -0.2) is 15.0 Å². The minimum absolute atomic E-state index is 0.0104. The van der Waals surface area contributed by atoms with Gasteiger partial charge in [0.05, 0.1) is 39.7 Å². The summed E-state index contributed by atoms with van der Waals surface area (Å²) in [6, 6.07) is 11.0. The molecule has 0 radical (unpaired) electrons. The second-order valence-corrected chi connectivity index (χ2v) is 6.69. The molecule has 128 valence electrons. The van der Waals surface area contributed by atoms with Gasteiger partial charge in [-0.05, 0) is 23.3 Å². The fourth-order valence-electron chi connectivity index (χ4n) is 3.31. The van der Waals surface area contributed by atoms with Crippen LogP contribution in [0.25, 0.3) is 0 Å². The van der Waals surface area contributed by atoms with E-state index in [0.717, 1.165) is 5.56 Å². The van der Waals surface area contributed by atoms with Crippen molar-refractivity contribution in [2.45, 2.75) is 12.0 Å². The van der Waals surface area contributed by atoms with E-state index in [-0.39, 0.29) is 10.6 Å². The first-order valence-electron chi connectivity index (χ1n) is 7.67. The first kappa shape index (κ1) is 17.9. The maximum absolute atomic E-state index is 10.2. The molecular weight excluding hydrogens is 364 g/mol. The summed E-state index contributed by atoms with van der Waals surface area (Å²) in [6.45, 7) is 0. The number of nitrogens with zero attached hydrogens (tertiary/aromatic N) is 4. The molecule has 6 nitrogen and oxygen atoms in total. The molecule has 2 aromatic rings. The van der Waals surface area contributed by atoms with E-state index in [1.807, 2.05) is 6.07 Å². The predicted molar refractivity (Wildman–Crippen MR) is 104 cm³/mol. The molecule has 3 heterocycles. The maximum Gasteiger partial charge on any atom is 0.143 e. The van der Waals surface area contributed by atoms with Crippen LogP contribution in [0.4, 0.5) is 0 Å². The molecule has 0 aliphatic carbocycles. The van der Waals surface area contributed by atoms with Crippen molar-refractivity contribution in [3.05, 3.63) is 70.8 Å². The Morgan fingerprint density at radius 2 is 1.81 bits per heavy atom. The highest BCUT2D eigenvalue weighted by Crippen LogP contribution is 2.53. The number of allylic oxidation sites excluding steroid dienone is 1. The van der Waals surface area contributed by atoms with Gasteiger partial charge in [0, 0.05) is 24.8 Å². The molecule has 3 rings (SSSR count). The van der Waals surface area contributed by atoms with Crippen molar-refractivity contribution < 1.29 is 0 Å². The quantitative estimate of drug-likeness (QED) is 0.555. The monoisotopic (exact) mass is 378 g/mol. The normalized spacial score (nSPS) is 24.9. The summed E-state index contributed by atoms with van der Waals surface area (Å²) in [4.78, 5) is 8.25. The summed E-state index contributed by atoms with van der Waals surface area (Å²) in [6.07, 6.45) is 6.51. The average molecular weight is 378 g/mol.